The van der Waals surface area contributed by atoms with Gasteiger partial charge in [0, 0.05) is 6.42 Å². The third kappa shape index (κ3) is 3.87. The van der Waals surface area contributed by atoms with Gasteiger partial charge in [0.2, 0.25) is 0 Å². The van der Waals surface area contributed by atoms with Gasteiger partial charge in [-0.15, -0.1) is 0 Å². The van der Waals surface area contributed by atoms with Crippen LogP contribution in [-0.4, -0.2) is 31.6 Å². The zero-order valence-electron chi connectivity index (χ0n) is 23.4. The molecule has 2 aromatic carbocycles. The Morgan fingerprint density at radius 3 is 2.49 bits per heavy atom. The predicted molar refractivity (Wildman–Crippen MR) is 149 cm³/mol. The van der Waals surface area contributed by atoms with Crippen LogP contribution in [0.15, 0.2) is 48.5 Å². The Morgan fingerprint density at radius 2 is 1.76 bits per heavy atom. The van der Waals surface area contributed by atoms with E-state index in [-0.39, 0.29) is 27.6 Å². The zero-order chi connectivity index (χ0) is 26.3. The van der Waals surface area contributed by atoms with Crippen LogP contribution < -0.4 is 4.74 Å². The van der Waals surface area contributed by atoms with Crippen LogP contribution >= 0.6 is 0 Å². The largest absolute Gasteiger partial charge is 0.423 e. The van der Waals surface area contributed by atoms with Crippen LogP contribution in [-0.2, 0) is 22.0 Å². The SMILES string of the molecule is CC(C)(C)[Si](C)(C)O[C@H]1CC[C@@H]2[C@]1(C)CC[C@]13Cc4cc(OC(=O)c5ccccc5)ccc4CC[C@]21O3. The Hall–Kier alpha value is -1.95. The Balaban J connectivity index is 1.22. The number of fused-ring (bicyclic) bond motifs is 2. The average Bonchev–Trinajstić information content (AvgIpc) is 3.41. The molecule has 0 aromatic heterocycles. The molecule has 0 radical (unpaired) electrons. The van der Waals surface area contributed by atoms with Gasteiger partial charge in [-0.05, 0) is 103 Å². The summed E-state index contributed by atoms with van der Waals surface area (Å²) in [6, 6.07) is 15.4. The van der Waals surface area contributed by atoms with Gasteiger partial charge >= 0.3 is 5.97 Å². The van der Waals surface area contributed by atoms with Crippen LogP contribution in [0.1, 0.15) is 81.3 Å². The molecule has 3 fully saturated rings. The van der Waals surface area contributed by atoms with Crippen LogP contribution in [0.4, 0.5) is 0 Å². The Labute approximate surface area is 223 Å². The molecule has 5 heteroatoms. The standard InChI is InChI=1S/C32H42O4Si/c1-29(2,3)37(5,6)35-27-15-14-26-30(27,4)18-19-31-21-24-20-25(34-28(33)23-10-8-7-9-11-23)13-12-22(24)16-17-32(26,31)36-31/h7-13,20,26-27H,14-19,21H2,1-6H3/t26-,27+,30+,31+,32+/m1/s1. The molecule has 1 aliphatic heterocycles. The smallest absolute Gasteiger partial charge is 0.343 e. The van der Waals surface area contributed by atoms with E-state index in [0.29, 0.717) is 23.3 Å². The number of esters is 1. The summed E-state index contributed by atoms with van der Waals surface area (Å²) in [5.74, 6) is 0.867. The Morgan fingerprint density at radius 1 is 1.00 bits per heavy atom. The minimum Gasteiger partial charge on any atom is -0.423 e. The second-order valence-corrected chi connectivity index (χ2v) is 18.6. The fourth-order valence-corrected chi connectivity index (χ4v) is 9.10. The van der Waals surface area contributed by atoms with Gasteiger partial charge in [-0.2, -0.15) is 0 Å². The molecule has 0 spiro atoms. The van der Waals surface area contributed by atoms with Gasteiger partial charge < -0.3 is 13.9 Å². The Kier molecular flexibility index (Phi) is 5.66. The molecule has 5 atom stereocenters. The van der Waals surface area contributed by atoms with Crippen LogP contribution in [0.5, 0.6) is 5.75 Å². The highest BCUT2D eigenvalue weighted by molar-refractivity contribution is 6.74. The second kappa shape index (κ2) is 8.27. The number of benzene rings is 2. The predicted octanol–water partition coefficient (Wildman–Crippen LogP) is 7.50. The molecule has 1 saturated heterocycles. The molecule has 4 aliphatic rings. The molecule has 1 heterocycles. The summed E-state index contributed by atoms with van der Waals surface area (Å²) in [5, 5.41) is 0.222. The zero-order valence-corrected chi connectivity index (χ0v) is 24.4. The van der Waals surface area contributed by atoms with Crippen molar-refractivity contribution in [3.63, 3.8) is 0 Å². The van der Waals surface area contributed by atoms with Gasteiger partial charge in [0.05, 0.1) is 11.7 Å². The number of aryl methyl sites for hydroxylation is 1. The number of epoxide rings is 1. The van der Waals surface area contributed by atoms with Crippen molar-refractivity contribution in [1.82, 2.24) is 0 Å². The van der Waals surface area contributed by atoms with Crippen LogP contribution in [0, 0.1) is 11.3 Å². The van der Waals surface area contributed by atoms with E-state index >= 15 is 0 Å². The monoisotopic (exact) mass is 518 g/mol. The molecule has 4 nitrogen and oxygen atoms in total. The molecular formula is C32H42O4Si. The first kappa shape index (κ1) is 25.3. The van der Waals surface area contributed by atoms with Crippen molar-refractivity contribution in [2.24, 2.45) is 11.3 Å². The number of ether oxygens (including phenoxy) is 2. The molecule has 37 heavy (non-hydrogen) atoms. The normalized spacial score (nSPS) is 34.4. The lowest BCUT2D eigenvalue weighted by atomic mass is 9.58. The number of hydrogen-bond donors (Lipinski definition) is 0. The van der Waals surface area contributed by atoms with E-state index in [0.717, 1.165) is 38.5 Å². The van der Waals surface area contributed by atoms with E-state index in [1.165, 1.54) is 17.5 Å². The summed E-state index contributed by atoms with van der Waals surface area (Å²) in [6.45, 7) is 14.3. The summed E-state index contributed by atoms with van der Waals surface area (Å²) >= 11 is 0. The van der Waals surface area contributed by atoms with E-state index in [2.05, 4.69) is 52.9 Å². The fraction of sp³-hybridized carbons (Fsp3) is 0.594. The van der Waals surface area contributed by atoms with E-state index in [1.807, 2.05) is 24.3 Å². The van der Waals surface area contributed by atoms with Crippen LogP contribution in [0.2, 0.25) is 18.1 Å². The summed E-state index contributed by atoms with van der Waals surface area (Å²) in [6.07, 6.45) is 7.96. The number of rotatable bonds is 4. The molecule has 6 rings (SSSR count). The lowest BCUT2D eigenvalue weighted by molar-refractivity contribution is -0.000249. The van der Waals surface area contributed by atoms with E-state index in [9.17, 15) is 4.79 Å². The topological polar surface area (TPSA) is 48.1 Å². The fourth-order valence-electron chi connectivity index (χ4n) is 7.64. The van der Waals surface area contributed by atoms with Crippen molar-refractivity contribution < 1.29 is 18.7 Å². The van der Waals surface area contributed by atoms with Crippen molar-refractivity contribution in [3.8, 4) is 5.75 Å². The van der Waals surface area contributed by atoms with E-state index in [4.69, 9.17) is 13.9 Å². The van der Waals surface area contributed by atoms with Gasteiger partial charge in [-0.1, -0.05) is 52.0 Å². The molecule has 0 N–H and O–H groups in total. The molecule has 3 aliphatic carbocycles. The third-order valence-electron chi connectivity index (χ3n) is 10.9. The molecule has 2 saturated carbocycles. The summed E-state index contributed by atoms with van der Waals surface area (Å²) in [7, 11) is -1.84. The van der Waals surface area contributed by atoms with Crippen molar-refractivity contribution >= 4 is 14.3 Å². The number of carbonyl (C=O) groups excluding carboxylic acids is 1. The summed E-state index contributed by atoms with van der Waals surface area (Å²) in [4.78, 5) is 12.6. The van der Waals surface area contributed by atoms with Gasteiger partial charge in [-0.3, -0.25) is 0 Å². The van der Waals surface area contributed by atoms with Gasteiger partial charge in [-0.25, -0.2) is 4.79 Å². The first-order chi connectivity index (χ1) is 17.4. The highest BCUT2D eigenvalue weighted by Crippen LogP contribution is 2.73. The van der Waals surface area contributed by atoms with Crippen molar-refractivity contribution in [1.29, 1.82) is 0 Å². The minimum absolute atomic E-state index is 0.0363. The molecule has 0 amide bonds. The van der Waals surface area contributed by atoms with Crippen LogP contribution in [0.3, 0.4) is 0 Å². The number of hydrogen-bond acceptors (Lipinski definition) is 4. The lowest BCUT2D eigenvalue weighted by Crippen LogP contribution is -2.53. The third-order valence-corrected chi connectivity index (χ3v) is 15.4. The van der Waals surface area contributed by atoms with Crippen molar-refractivity contribution in [3.05, 3.63) is 65.2 Å². The number of carbonyl (C=O) groups is 1. The Bertz CT molecular complexity index is 1220. The minimum atomic E-state index is -1.84. The highest BCUT2D eigenvalue weighted by atomic mass is 28.4. The van der Waals surface area contributed by atoms with E-state index in [1.54, 1.807) is 12.1 Å². The molecular weight excluding hydrogens is 476 g/mol. The molecule has 0 bridgehead atoms. The molecule has 2 aromatic rings. The van der Waals surface area contributed by atoms with Crippen LogP contribution in [0.25, 0.3) is 0 Å². The van der Waals surface area contributed by atoms with Crippen molar-refractivity contribution in [2.75, 3.05) is 0 Å². The van der Waals surface area contributed by atoms with E-state index < -0.39 is 8.32 Å². The molecule has 198 valence electrons. The summed E-state index contributed by atoms with van der Waals surface area (Å²) in [5.41, 5.74) is 3.31. The highest BCUT2D eigenvalue weighted by Gasteiger charge is 2.79. The van der Waals surface area contributed by atoms with Gasteiger partial charge in [0.1, 0.15) is 17.0 Å². The van der Waals surface area contributed by atoms with Gasteiger partial charge in [0.15, 0.2) is 8.32 Å². The maximum atomic E-state index is 12.6. The average molecular weight is 519 g/mol. The first-order valence-electron chi connectivity index (χ1n) is 14.2. The second-order valence-electron chi connectivity index (χ2n) is 13.9. The molecule has 0 unspecified atom stereocenters. The van der Waals surface area contributed by atoms with Gasteiger partial charge in [0.25, 0.3) is 0 Å². The van der Waals surface area contributed by atoms with Crippen molar-refractivity contribution in [2.45, 2.75) is 108 Å². The maximum Gasteiger partial charge on any atom is 0.343 e. The maximum absolute atomic E-state index is 12.6. The first-order valence-corrected chi connectivity index (χ1v) is 17.1. The quantitative estimate of drug-likeness (QED) is 0.182. The lowest BCUT2D eigenvalue weighted by Gasteiger charge is -2.48. The summed E-state index contributed by atoms with van der Waals surface area (Å²) < 4.78 is 19.8.